The number of aliphatic hydroxyl groups is 1. The molecular formula is C20H23N5O2. The second-order valence-electron chi connectivity index (χ2n) is 7.15. The van der Waals surface area contributed by atoms with E-state index in [9.17, 15) is 9.90 Å². The summed E-state index contributed by atoms with van der Waals surface area (Å²) in [5, 5.41) is 18.0. The third-order valence-corrected chi connectivity index (χ3v) is 5.17. The smallest absolute Gasteiger partial charge is 0.220 e. The van der Waals surface area contributed by atoms with E-state index in [0.29, 0.717) is 32.2 Å². The van der Waals surface area contributed by atoms with Gasteiger partial charge in [-0.25, -0.2) is 4.98 Å². The van der Waals surface area contributed by atoms with Gasteiger partial charge in [-0.2, -0.15) is 5.10 Å². The minimum atomic E-state index is -0.268. The lowest BCUT2D eigenvalue weighted by atomic mass is 9.75. The molecule has 1 aliphatic carbocycles. The van der Waals surface area contributed by atoms with Gasteiger partial charge in [0.1, 0.15) is 12.7 Å². The van der Waals surface area contributed by atoms with E-state index in [-0.39, 0.29) is 24.0 Å². The van der Waals surface area contributed by atoms with Crippen LogP contribution in [-0.4, -0.2) is 36.9 Å². The van der Waals surface area contributed by atoms with Crippen LogP contribution in [0.4, 0.5) is 0 Å². The first-order chi connectivity index (χ1) is 13.2. The van der Waals surface area contributed by atoms with Crippen LogP contribution < -0.4 is 5.32 Å². The molecule has 2 aromatic heterocycles. The fourth-order valence-corrected chi connectivity index (χ4v) is 3.63. The summed E-state index contributed by atoms with van der Waals surface area (Å²) in [6.07, 6.45) is 7.25. The first-order valence-corrected chi connectivity index (χ1v) is 9.33. The Morgan fingerprint density at radius 1 is 1.33 bits per heavy atom. The molecule has 2 heterocycles. The van der Waals surface area contributed by atoms with E-state index in [1.807, 2.05) is 30.5 Å². The van der Waals surface area contributed by atoms with Crippen molar-refractivity contribution in [3.8, 4) is 0 Å². The second kappa shape index (κ2) is 7.84. The molecule has 1 atom stereocenters. The van der Waals surface area contributed by atoms with Crippen molar-refractivity contribution < 1.29 is 9.90 Å². The number of hydrogen-bond acceptors (Lipinski definition) is 5. The molecule has 1 aromatic carbocycles. The van der Waals surface area contributed by atoms with Gasteiger partial charge in [-0.3, -0.25) is 14.5 Å². The second-order valence-corrected chi connectivity index (χ2v) is 7.15. The number of para-hydroxylation sites is 1. The Morgan fingerprint density at radius 2 is 2.19 bits per heavy atom. The minimum Gasteiger partial charge on any atom is -0.393 e. The molecule has 1 fully saturated rings. The Kier molecular flexibility index (Phi) is 5.11. The van der Waals surface area contributed by atoms with Crippen LogP contribution in [0.2, 0.25) is 0 Å². The summed E-state index contributed by atoms with van der Waals surface area (Å²) in [7, 11) is 0. The minimum absolute atomic E-state index is 0.00895. The molecule has 0 aliphatic heterocycles. The number of pyridine rings is 1. The average molecular weight is 365 g/mol. The molecule has 1 saturated carbocycles. The van der Waals surface area contributed by atoms with Gasteiger partial charge in [0.15, 0.2) is 0 Å². The fourth-order valence-electron chi connectivity index (χ4n) is 3.63. The third-order valence-electron chi connectivity index (χ3n) is 5.17. The first kappa shape index (κ1) is 17.6. The number of carbonyl (C=O) groups excluding carboxylic acids is 1. The van der Waals surface area contributed by atoms with Gasteiger partial charge in [0, 0.05) is 24.5 Å². The van der Waals surface area contributed by atoms with Gasteiger partial charge >= 0.3 is 0 Å². The zero-order valence-electron chi connectivity index (χ0n) is 15.0. The number of aryl methyl sites for hydroxylation is 1. The quantitative estimate of drug-likeness (QED) is 0.670. The van der Waals surface area contributed by atoms with E-state index in [1.165, 1.54) is 6.33 Å². The number of nitrogens with zero attached hydrogens (tertiary/aromatic N) is 4. The molecule has 2 N–H and O–H groups in total. The molecule has 0 spiro atoms. The maximum Gasteiger partial charge on any atom is 0.220 e. The third kappa shape index (κ3) is 4.14. The summed E-state index contributed by atoms with van der Waals surface area (Å²) in [4.78, 5) is 20.9. The van der Waals surface area contributed by atoms with Crippen LogP contribution in [0.5, 0.6) is 0 Å². The van der Waals surface area contributed by atoms with E-state index < -0.39 is 0 Å². The van der Waals surface area contributed by atoms with Crippen molar-refractivity contribution in [2.45, 2.75) is 44.4 Å². The molecule has 3 aromatic rings. The predicted molar refractivity (Wildman–Crippen MR) is 101 cm³/mol. The molecule has 140 valence electrons. The van der Waals surface area contributed by atoms with Crippen molar-refractivity contribution in [2.75, 3.05) is 0 Å². The Labute approximate surface area is 157 Å². The monoisotopic (exact) mass is 365 g/mol. The highest BCUT2D eigenvalue weighted by molar-refractivity contribution is 5.80. The SMILES string of the molecule is O=C(CCCn1cncn1)N[C@H](c1cnc2ccccc2c1)C1CC(O)C1. The van der Waals surface area contributed by atoms with Crippen LogP contribution in [0.1, 0.15) is 37.3 Å². The largest absolute Gasteiger partial charge is 0.393 e. The average Bonchev–Trinajstić information content (AvgIpc) is 3.17. The molecule has 27 heavy (non-hydrogen) atoms. The van der Waals surface area contributed by atoms with E-state index >= 15 is 0 Å². The molecule has 1 aliphatic rings. The Morgan fingerprint density at radius 3 is 2.96 bits per heavy atom. The first-order valence-electron chi connectivity index (χ1n) is 9.33. The van der Waals surface area contributed by atoms with Crippen LogP contribution in [0.15, 0.2) is 49.2 Å². The summed E-state index contributed by atoms with van der Waals surface area (Å²) in [5.41, 5.74) is 1.93. The standard InChI is InChI=1S/C20H23N5O2/c26-17-9-15(10-17)20(16-8-14-4-1-2-5-18(14)22-11-16)24-19(27)6-3-7-25-13-21-12-23-25/h1-2,4-5,8,11-13,15,17,20,26H,3,6-7,9-10H2,(H,24,27)/t15?,17?,20-/m0/s1. The number of carbonyl (C=O) groups is 1. The Bertz CT molecular complexity index is 906. The predicted octanol–water partition coefficient (Wildman–Crippen LogP) is 2.23. The van der Waals surface area contributed by atoms with Gasteiger partial charge in [0.05, 0.1) is 17.7 Å². The van der Waals surface area contributed by atoms with E-state index in [4.69, 9.17) is 0 Å². The van der Waals surface area contributed by atoms with Crippen molar-refractivity contribution in [1.82, 2.24) is 25.1 Å². The zero-order valence-corrected chi connectivity index (χ0v) is 15.0. The molecule has 0 bridgehead atoms. The Hall–Kier alpha value is -2.80. The van der Waals surface area contributed by atoms with Gasteiger partial charge in [-0.1, -0.05) is 18.2 Å². The molecule has 0 radical (unpaired) electrons. The van der Waals surface area contributed by atoms with Crippen molar-refractivity contribution in [3.05, 3.63) is 54.7 Å². The summed E-state index contributed by atoms with van der Waals surface area (Å²) in [5.74, 6) is 0.247. The number of hydrogen-bond donors (Lipinski definition) is 2. The van der Waals surface area contributed by atoms with Crippen molar-refractivity contribution in [1.29, 1.82) is 0 Å². The molecule has 7 nitrogen and oxygen atoms in total. The molecule has 1 amide bonds. The summed E-state index contributed by atoms with van der Waals surface area (Å²) in [6.45, 7) is 0.664. The number of aromatic nitrogens is 4. The number of rotatable bonds is 7. The van der Waals surface area contributed by atoms with Gasteiger partial charge in [-0.05, 0) is 42.9 Å². The van der Waals surface area contributed by atoms with Crippen molar-refractivity contribution in [3.63, 3.8) is 0 Å². The van der Waals surface area contributed by atoms with Gasteiger partial charge in [-0.15, -0.1) is 0 Å². The van der Waals surface area contributed by atoms with Crippen LogP contribution >= 0.6 is 0 Å². The number of nitrogens with one attached hydrogen (secondary N) is 1. The van der Waals surface area contributed by atoms with Crippen LogP contribution in [-0.2, 0) is 11.3 Å². The zero-order chi connectivity index (χ0) is 18.6. The van der Waals surface area contributed by atoms with E-state index in [0.717, 1.165) is 16.5 Å². The fraction of sp³-hybridized carbons (Fsp3) is 0.400. The van der Waals surface area contributed by atoms with Crippen LogP contribution in [0.25, 0.3) is 10.9 Å². The molecule has 0 unspecified atom stereocenters. The number of benzene rings is 1. The van der Waals surface area contributed by atoms with E-state index in [2.05, 4.69) is 26.4 Å². The number of aliphatic hydroxyl groups excluding tert-OH is 1. The van der Waals surface area contributed by atoms with Gasteiger partial charge in [0.25, 0.3) is 0 Å². The summed E-state index contributed by atoms with van der Waals surface area (Å²) >= 11 is 0. The highest BCUT2D eigenvalue weighted by Gasteiger charge is 2.35. The summed E-state index contributed by atoms with van der Waals surface area (Å²) < 4.78 is 1.72. The highest BCUT2D eigenvalue weighted by atomic mass is 16.3. The van der Waals surface area contributed by atoms with Crippen molar-refractivity contribution >= 4 is 16.8 Å². The van der Waals surface area contributed by atoms with Crippen LogP contribution in [0, 0.1) is 5.92 Å². The van der Waals surface area contributed by atoms with Gasteiger partial charge < -0.3 is 10.4 Å². The van der Waals surface area contributed by atoms with Crippen molar-refractivity contribution in [2.24, 2.45) is 5.92 Å². The molecule has 7 heteroatoms. The van der Waals surface area contributed by atoms with Crippen LogP contribution in [0.3, 0.4) is 0 Å². The molecule has 0 saturated heterocycles. The lowest BCUT2D eigenvalue weighted by molar-refractivity contribution is -0.123. The van der Waals surface area contributed by atoms with Gasteiger partial charge in [0.2, 0.25) is 5.91 Å². The van der Waals surface area contributed by atoms with E-state index in [1.54, 1.807) is 11.0 Å². The number of fused-ring (bicyclic) bond motifs is 1. The maximum absolute atomic E-state index is 12.5. The molecule has 4 rings (SSSR count). The maximum atomic E-state index is 12.5. The topological polar surface area (TPSA) is 92.9 Å². The Balaban J connectivity index is 1.44. The lowest BCUT2D eigenvalue weighted by Crippen LogP contribution is -2.41. The highest BCUT2D eigenvalue weighted by Crippen LogP contribution is 2.38. The lowest BCUT2D eigenvalue weighted by Gasteiger charge is -2.38. The summed E-state index contributed by atoms with van der Waals surface area (Å²) in [6, 6.07) is 9.92. The number of amides is 1. The molecular weight excluding hydrogens is 342 g/mol. The normalized spacial score (nSPS) is 20.2.